The number of hydrogen-bond acceptors (Lipinski definition) is 5. The van der Waals surface area contributed by atoms with Gasteiger partial charge in [0.2, 0.25) is 0 Å². The van der Waals surface area contributed by atoms with Crippen molar-refractivity contribution in [2.75, 3.05) is 14.2 Å². The number of nitrogens with one attached hydrogen (secondary N) is 1. The Morgan fingerprint density at radius 2 is 2.10 bits per heavy atom. The van der Waals surface area contributed by atoms with Gasteiger partial charge in [0.25, 0.3) is 0 Å². The first kappa shape index (κ1) is 14.6. The van der Waals surface area contributed by atoms with E-state index in [1.54, 1.807) is 32.1 Å². The highest BCUT2D eigenvalue weighted by atomic mass is 35.5. The third kappa shape index (κ3) is 2.45. The van der Waals surface area contributed by atoms with Gasteiger partial charge in [0.1, 0.15) is 0 Å². The Kier molecular flexibility index (Phi) is 4.49. The maximum Gasteiger partial charge on any atom is 0.165 e. The van der Waals surface area contributed by atoms with Gasteiger partial charge in [-0.1, -0.05) is 23.7 Å². The standard InChI is InChI=1S/C13H17ClN4O2/c1-18-12(9(14)7-16-18)11(17-15)8-5-4-6-10(19-2)13(8)20-3/h4-7,11,17H,15H2,1-3H3. The Balaban J connectivity index is 2.58. The lowest BCUT2D eigenvalue weighted by atomic mass is 10.0. The molecule has 1 heterocycles. The quantitative estimate of drug-likeness (QED) is 0.648. The minimum Gasteiger partial charge on any atom is -0.493 e. The molecule has 0 saturated carbocycles. The van der Waals surface area contributed by atoms with Crippen LogP contribution in [0.25, 0.3) is 0 Å². The number of rotatable bonds is 5. The van der Waals surface area contributed by atoms with Crippen molar-refractivity contribution in [2.24, 2.45) is 12.9 Å². The van der Waals surface area contributed by atoms with Crippen molar-refractivity contribution in [3.8, 4) is 11.5 Å². The lowest BCUT2D eigenvalue weighted by Gasteiger charge is -2.21. The molecule has 1 aromatic heterocycles. The third-order valence-electron chi connectivity index (χ3n) is 3.12. The first-order chi connectivity index (χ1) is 9.63. The van der Waals surface area contributed by atoms with E-state index in [1.165, 1.54) is 0 Å². The van der Waals surface area contributed by atoms with Crippen molar-refractivity contribution in [2.45, 2.75) is 6.04 Å². The normalized spacial score (nSPS) is 12.2. The highest BCUT2D eigenvalue weighted by molar-refractivity contribution is 6.31. The van der Waals surface area contributed by atoms with E-state index < -0.39 is 0 Å². The van der Waals surface area contributed by atoms with Crippen molar-refractivity contribution in [1.82, 2.24) is 15.2 Å². The van der Waals surface area contributed by atoms with Crippen molar-refractivity contribution >= 4 is 11.6 Å². The van der Waals surface area contributed by atoms with Crippen LogP contribution in [0.15, 0.2) is 24.4 Å². The van der Waals surface area contributed by atoms with Gasteiger partial charge in [-0.3, -0.25) is 10.5 Å². The van der Waals surface area contributed by atoms with E-state index in [0.717, 1.165) is 11.3 Å². The van der Waals surface area contributed by atoms with Crippen molar-refractivity contribution in [3.05, 3.63) is 40.7 Å². The largest absolute Gasteiger partial charge is 0.493 e. The fraction of sp³-hybridized carbons (Fsp3) is 0.308. The Morgan fingerprint density at radius 1 is 1.35 bits per heavy atom. The number of benzene rings is 1. The van der Waals surface area contributed by atoms with Crippen LogP contribution in [-0.4, -0.2) is 24.0 Å². The van der Waals surface area contributed by atoms with E-state index in [9.17, 15) is 0 Å². The summed E-state index contributed by atoms with van der Waals surface area (Å²) in [6.45, 7) is 0. The first-order valence-electron chi connectivity index (χ1n) is 5.98. The molecular formula is C13H17ClN4O2. The summed E-state index contributed by atoms with van der Waals surface area (Å²) in [4.78, 5) is 0. The monoisotopic (exact) mass is 296 g/mol. The second-order valence-electron chi connectivity index (χ2n) is 4.18. The summed E-state index contributed by atoms with van der Waals surface area (Å²) in [5.74, 6) is 6.94. The van der Waals surface area contributed by atoms with E-state index in [0.29, 0.717) is 16.5 Å². The highest BCUT2D eigenvalue weighted by Gasteiger charge is 2.24. The van der Waals surface area contributed by atoms with E-state index in [2.05, 4.69) is 10.5 Å². The average Bonchev–Trinajstić information content (AvgIpc) is 2.80. The zero-order chi connectivity index (χ0) is 14.7. The van der Waals surface area contributed by atoms with Gasteiger partial charge >= 0.3 is 0 Å². The summed E-state index contributed by atoms with van der Waals surface area (Å²) in [6.07, 6.45) is 1.58. The molecule has 2 aromatic rings. The molecule has 0 aliphatic carbocycles. The van der Waals surface area contributed by atoms with Crippen LogP contribution in [0.3, 0.4) is 0 Å². The predicted molar refractivity (Wildman–Crippen MR) is 76.9 cm³/mol. The van der Waals surface area contributed by atoms with Gasteiger partial charge in [0.15, 0.2) is 11.5 Å². The van der Waals surface area contributed by atoms with E-state index in [-0.39, 0.29) is 6.04 Å². The predicted octanol–water partition coefficient (Wildman–Crippen LogP) is 1.64. The molecule has 1 unspecified atom stereocenters. The first-order valence-corrected chi connectivity index (χ1v) is 6.36. The number of halogens is 1. The van der Waals surface area contributed by atoms with Gasteiger partial charge in [-0.15, -0.1) is 0 Å². The fourth-order valence-electron chi connectivity index (χ4n) is 2.20. The number of hydrazine groups is 1. The van der Waals surface area contributed by atoms with Crippen LogP contribution < -0.4 is 20.7 Å². The molecule has 0 aliphatic heterocycles. The van der Waals surface area contributed by atoms with Gasteiger partial charge in [-0.25, -0.2) is 5.43 Å². The SMILES string of the molecule is COc1cccc(C(NN)c2c(Cl)cnn2C)c1OC. The topological polar surface area (TPSA) is 74.3 Å². The van der Waals surface area contributed by atoms with E-state index in [4.69, 9.17) is 26.9 Å². The Hall–Kier alpha value is -1.76. The molecule has 0 bridgehead atoms. The zero-order valence-corrected chi connectivity index (χ0v) is 12.3. The van der Waals surface area contributed by atoms with Crippen LogP contribution in [0.2, 0.25) is 5.02 Å². The summed E-state index contributed by atoms with van der Waals surface area (Å²) in [7, 11) is 4.97. The molecule has 6 nitrogen and oxygen atoms in total. The Morgan fingerprint density at radius 3 is 2.60 bits per heavy atom. The molecule has 0 fully saturated rings. The number of methoxy groups -OCH3 is 2. The molecule has 0 radical (unpaired) electrons. The molecule has 0 amide bonds. The summed E-state index contributed by atoms with van der Waals surface area (Å²) >= 11 is 6.19. The molecule has 1 atom stereocenters. The van der Waals surface area contributed by atoms with E-state index in [1.807, 2.05) is 18.2 Å². The van der Waals surface area contributed by atoms with Gasteiger partial charge in [-0.2, -0.15) is 5.10 Å². The maximum atomic E-state index is 6.19. The number of para-hydroxylation sites is 1. The summed E-state index contributed by atoms with van der Waals surface area (Å²) in [5, 5.41) is 4.65. The molecule has 1 aromatic carbocycles. The van der Waals surface area contributed by atoms with Crippen LogP contribution >= 0.6 is 11.6 Å². The number of aryl methyl sites for hydroxylation is 1. The summed E-state index contributed by atoms with van der Waals surface area (Å²) in [5.41, 5.74) is 4.32. The van der Waals surface area contributed by atoms with Crippen LogP contribution in [-0.2, 0) is 7.05 Å². The number of nitrogens with zero attached hydrogens (tertiary/aromatic N) is 2. The minimum atomic E-state index is -0.361. The lowest BCUT2D eigenvalue weighted by Crippen LogP contribution is -2.31. The minimum absolute atomic E-state index is 0.361. The molecule has 0 spiro atoms. The number of hydrogen-bond donors (Lipinski definition) is 2. The summed E-state index contributed by atoms with van der Waals surface area (Å²) in [6, 6.07) is 5.22. The smallest absolute Gasteiger partial charge is 0.165 e. The molecule has 3 N–H and O–H groups in total. The van der Waals surface area contributed by atoms with E-state index >= 15 is 0 Å². The molecule has 20 heavy (non-hydrogen) atoms. The van der Waals surface area contributed by atoms with Gasteiger partial charge < -0.3 is 9.47 Å². The van der Waals surface area contributed by atoms with Gasteiger partial charge in [0.05, 0.1) is 37.2 Å². The molecule has 7 heteroatoms. The van der Waals surface area contributed by atoms with Gasteiger partial charge in [-0.05, 0) is 6.07 Å². The molecule has 0 saturated heterocycles. The average molecular weight is 297 g/mol. The summed E-state index contributed by atoms with van der Waals surface area (Å²) < 4.78 is 12.4. The third-order valence-corrected chi connectivity index (χ3v) is 3.41. The molecule has 0 aliphatic rings. The highest BCUT2D eigenvalue weighted by Crippen LogP contribution is 2.38. The van der Waals surface area contributed by atoms with Crippen LogP contribution in [0.4, 0.5) is 0 Å². The Bertz CT molecular complexity index is 581. The Labute approximate surface area is 122 Å². The van der Waals surface area contributed by atoms with Gasteiger partial charge in [0, 0.05) is 12.6 Å². The van der Waals surface area contributed by atoms with Crippen molar-refractivity contribution < 1.29 is 9.47 Å². The maximum absolute atomic E-state index is 6.19. The lowest BCUT2D eigenvalue weighted by molar-refractivity contribution is 0.348. The molecular weight excluding hydrogens is 280 g/mol. The number of ether oxygens (including phenoxy) is 2. The van der Waals surface area contributed by atoms with Crippen LogP contribution in [0.1, 0.15) is 17.3 Å². The number of aromatic nitrogens is 2. The van der Waals surface area contributed by atoms with Crippen molar-refractivity contribution in [3.63, 3.8) is 0 Å². The second-order valence-corrected chi connectivity index (χ2v) is 4.59. The zero-order valence-electron chi connectivity index (χ0n) is 11.6. The molecule has 2 rings (SSSR count). The van der Waals surface area contributed by atoms with Crippen LogP contribution in [0.5, 0.6) is 11.5 Å². The fourth-order valence-corrected chi connectivity index (χ4v) is 2.48. The van der Waals surface area contributed by atoms with Crippen molar-refractivity contribution in [1.29, 1.82) is 0 Å². The number of nitrogens with two attached hydrogens (primary N) is 1. The molecule has 108 valence electrons. The second kappa shape index (κ2) is 6.13. The van der Waals surface area contributed by atoms with Crippen LogP contribution in [0, 0.1) is 0 Å².